The third-order valence-electron chi connectivity index (χ3n) is 5.09. The van der Waals surface area contributed by atoms with Crippen LogP contribution in [0.1, 0.15) is 46.9 Å². The van der Waals surface area contributed by atoms with Crippen LogP contribution >= 0.6 is 0 Å². The average Bonchev–Trinajstić information content (AvgIpc) is 3.52. The van der Waals surface area contributed by atoms with Gasteiger partial charge in [-0.3, -0.25) is 14.4 Å². The fourth-order valence-corrected chi connectivity index (χ4v) is 3.37. The van der Waals surface area contributed by atoms with Gasteiger partial charge in [-0.05, 0) is 18.9 Å². The van der Waals surface area contributed by atoms with Gasteiger partial charge in [0.15, 0.2) is 0 Å². The largest absolute Gasteiger partial charge is 0.447 e. The molecule has 4 rings (SSSR count). The zero-order valence-corrected chi connectivity index (χ0v) is 16.0. The second-order valence-corrected chi connectivity index (χ2v) is 7.26. The molecule has 2 amide bonds. The van der Waals surface area contributed by atoms with Crippen molar-refractivity contribution in [2.45, 2.75) is 31.4 Å². The molecule has 1 fully saturated rings. The lowest BCUT2D eigenvalue weighted by atomic mass is 10.1. The fraction of sp³-hybridized carbons (Fsp3) is 0.261. The molecule has 2 aromatic rings. The molecule has 0 bridgehead atoms. The molecule has 6 nitrogen and oxygen atoms in total. The number of rotatable bonds is 7. The number of benzene rings is 2. The van der Waals surface area contributed by atoms with Crippen LogP contribution in [-0.4, -0.2) is 35.3 Å². The minimum absolute atomic E-state index is 0.0290. The van der Waals surface area contributed by atoms with Gasteiger partial charge in [-0.15, -0.1) is 0 Å². The predicted molar refractivity (Wildman–Crippen MR) is 108 cm³/mol. The SMILES string of the molecule is C=C1c2ccccc2C(=O)N1CCC(=O)OC(C(=O)NC1CC1)c1ccccc1. The molecule has 1 atom stereocenters. The van der Waals surface area contributed by atoms with Crippen molar-refractivity contribution in [3.63, 3.8) is 0 Å². The van der Waals surface area contributed by atoms with Crippen LogP contribution in [0.3, 0.4) is 0 Å². The summed E-state index contributed by atoms with van der Waals surface area (Å²) < 4.78 is 5.52. The maximum atomic E-state index is 12.6. The highest BCUT2D eigenvalue weighted by atomic mass is 16.5. The van der Waals surface area contributed by atoms with Crippen molar-refractivity contribution in [2.24, 2.45) is 0 Å². The molecule has 2 aliphatic rings. The first kappa shape index (κ1) is 18.9. The second kappa shape index (κ2) is 7.91. The van der Waals surface area contributed by atoms with Gasteiger partial charge in [-0.2, -0.15) is 0 Å². The molecule has 1 aliphatic heterocycles. The van der Waals surface area contributed by atoms with Crippen molar-refractivity contribution in [3.8, 4) is 0 Å². The molecule has 0 aromatic heterocycles. The summed E-state index contributed by atoms with van der Waals surface area (Å²) in [7, 11) is 0. The minimum Gasteiger partial charge on any atom is -0.447 e. The van der Waals surface area contributed by atoms with Crippen molar-refractivity contribution in [2.75, 3.05) is 6.54 Å². The maximum Gasteiger partial charge on any atom is 0.308 e. The third-order valence-corrected chi connectivity index (χ3v) is 5.09. The summed E-state index contributed by atoms with van der Waals surface area (Å²) in [4.78, 5) is 39.1. The van der Waals surface area contributed by atoms with Crippen LogP contribution in [0.25, 0.3) is 5.70 Å². The predicted octanol–water partition coefficient (Wildman–Crippen LogP) is 3.07. The Morgan fingerprint density at radius 2 is 1.72 bits per heavy atom. The van der Waals surface area contributed by atoms with Crippen LogP contribution < -0.4 is 5.32 Å². The smallest absolute Gasteiger partial charge is 0.308 e. The summed E-state index contributed by atoms with van der Waals surface area (Å²) in [6, 6.07) is 16.3. The zero-order chi connectivity index (χ0) is 20.4. The van der Waals surface area contributed by atoms with Crippen molar-refractivity contribution in [1.82, 2.24) is 10.2 Å². The Morgan fingerprint density at radius 3 is 2.38 bits per heavy atom. The summed E-state index contributed by atoms with van der Waals surface area (Å²) in [5.41, 5.74) is 2.55. The highest BCUT2D eigenvalue weighted by molar-refractivity contribution is 6.08. The van der Waals surface area contributed by atoms with Crippen LogP contribution in [0, 0.1) is 0 Å². The topological polar surface area (TPSA) is 75.7 Å². The summed E-state index contributed by atoms with van der Waals surface area (Å²) in [5, 5.41) is 2.89. The van der Waals surface area contributed by atoms with Gasteiger partial charge in [0, 0.05) is 35.0 Å². The van der Waals surface area contributed by atoms with Gasteiger partial charge >= 0.3 is 5.97 Å². The molecule has 2 aromatic carbocycles. The molecular weight excluding hydrogens is 368 g/mol. The van der Waals surface area contributed by atoms with E-state index in [1.165, 1.54) is 4.90 Å². The number of carbonyl (C=O) groups is 3. The molecule has 148 valence electrons. The molecule has 1 heterocycles. The first-order valence-electron chi connectivity index (χ1n) is 9.69. The summed E-state index contributed by atoms with van der Waals surface area (Å²) in [5.74, 6) is -1.04. The number of amides is 2. The van der Waals surface area contributed by atoms with Gasteiger partial charge in [-0.25, -0.2) is 0 Å². The van der Waals surface area contributed by atoms with E-state index in [1.807, 2.05) is 18.2 Å². The van der Waals surface area contributed by atoms with Crippen LogP contribution in [0.5, 0.6) is 0 Å². The number of nitrogens with zero attached hydrogens (tertiary/aromatic N) is 1. The summed E-state index contributed by atoms with van der Waals surface area (Å²) >= 11 is 0. The molecule has 6 heteroatoms. The van der Waals surface area contributed by atoms with Crippen LogP contribution in [0.2, 0.25) is 0 Å². The first-order valence-corrected chi connectivity index (χ1v) is 9.69. The number of nitrogens with one attached hydrogen (secondary N) is 1. The Balaban J connectivity index is 1.40. The van der Waals surface area contributed by atoms with Crippen molar-refractivity contribution < 1.29 is 19.1 Å². The zero-order valence-electron chi connectivity index (χ0n) is 16.0. The third kappa shape index (κ3) is 4.06. The summed E-state index contributed by atoms with van der Waals surface area (Å²) in [6.07, 6.45) is 0.861. The van der Waals surface area contributed by atoms with Crippen LogP contribution in [0.4, 0.5) is 0 Å². The second-order valence-electron chi connectivity index (χ2n) is 7.26. The number of hydrogen-bond donors (Lipinski definition) is 1. The number of carbonyl (C=O) groups excluding carboxylic acids is 3. The van der Waals surface area contributed by atoms with Gasteiger partial charge in [0.2, 0.25) is 6.10 Å². The fourth-order valence-electron chi connectivity index (χ4n) is 3.37. The molecule has 0 saturated heterocycles. The first-order chi connectivity index (χ1) is 14.0. The number of fused-ring (bicyclic) bond motifs is 1. The van der Waals surface area contributed by atoms with Gasteiger partial charge in [-0.1, -0.05) is 55.1 Å². The normalized spacial score (nSPS) is 16.3. The molecule has 0 spiro atoms. The Hall–Kier alpha value is -3.41. The number of esters is 1. The van der Waals surface area contributed by atoms with Crippen LogP contribution in [0.15, 0.2) is 61.2 Å². The summed E-state index contributed by atoms with van der Waals surface area (Å²) in [6.45, 7) is 4.12. The lowest BCUT2D eigenvalue weighted by Gasteiger charge is -2.20. The Bertz CT molecular complexity index is 931. The number of hydrogen-bond acceptors (Lipinski definition) is 4. The van der Waals surface area contributed by atoms with E-state index < -0.39 is 12.1 Å². The highest BCUT2D eigenvalue weighted by Gasteiger charge is 2.33. The van der Waals surface area contributed by atoms with Crippen molar-refractivity contribution >= 4 is 23.5 Å². The lowest BCUT2D eigenvalue weighted by Crippen LogP contribution is -2.34. The standard InChI is InChI=1S/C23H22N2O4/c1-15-18-9-5-6-10-19(18)23(28)25(15)14-13-20(26)29-21(16-7-3-2-4-8-16)22(27)24-17-11-12-17/h2-10,17,21H,1,11-14H2,(H,24,27). The van der Waals surface area contributed by atoms with Gasteiger partial charge in [0.05, 0.1) is 6.42 Å². The average molecular weight is 390 g/mol. The monoisotopic (exact) mass is 390 g/mol. The molecule has 29 heavy (non-hydrogen) atoms. The van der Waals surface area contributed by atoms with Crippen molar-refractivity contribution in [1.29, 1.82) is 0 Å². The van der Waals surface area contributed by atoms with Gasteiger partial charge < -0.3 is 15.0 Å². The Labute approximate surface area is 169 Å². The van der Waals surface area contributed by atoms with E-state index in [2.05, 4.69) is 11.9 Å². The van der Waals surface area contributed by atoms with E-state index >= 15 is 0 Å². The van der Waals surface area contributed by atoms with E-state index in [9.17, 15) is 14.4 Å². The van der Waals surface area contributed by atoms with E-state index in [1.54, 1.807) is 36.4 Å². The molecule has 1 N–H and O–H groups in total. The molecule has 1 unspecified atom stereocenters. The lowest BCUT2D eigenvalue weighted by molar-refractivity contribution is -0.156. The Kier molecular flexibility index (Phi) is 5.16. The molecule has 0 radical (unpaired) electrons. The van der Waals surface area contributed by atoms with E-state index in [0.717, 1.165) is 18.4 Å². The van der Waals surface area contributed by atoms with Crippen molar-refractivity contribution in [3.05, 3.63) is 77.9 Å². The maximum absolute atomic E-state index is 12.6. The molecule has 1 aliphatic carbocycles. The Morgan fingerprint density at radius 1 is 1.07 bits per heavy atom. The van der Waals surface area contributed by atoms with E-state index in [4.69, 9.17) is 4.74 Å². The molecule has 1 saturated carbocycles. The minimum atomic E-state index is -1.00. The van der Waals surface area contributed by atoms with Crippen LogP contribution in [-0.2, 0) is 14.3 Å². The highest BCUT2D eigenvalue weighted by Crippen LogP contribution is 2.31. The van der Waals surface area contributed by atoms with Gasteiger partial charge in [0.1, 0.15) is 0 Å². The molecular formula is C23H22N2O4. The van der Waals surface area contributed by atoms with Gasteiger partial charge in [0.25, 0.3) is 11.8 Å². The quantitative estimate of drug-likeness (QED) is 0.738. The van der Waals surface area contributed by atoms with E-state index in [0.29, 0.717) is 16.8 Å². The number of ether oxygens (including phenoxy) is 1. The van der Waals surface area contributed by atoms with E-state index in [-0.39, 0.29) is 30.8 Å².